The molecule has 1 rings (SSSR count). The molecule has 0 spiro atoms. The van der Waals surface area contributed by atoms with Crippen LogP contribution in [0.15, 0.2) is 24.3 Å². The molecule has 1 N–H and O–H groups in total. The summed E-state index contributed by atoms with van der Waals surface area (Å²) in [4.78, 5) is 11.1. The molecule has 0 heterocycles. The van der Waals surface area contributed by atoms with Gasteiger partial charge in [0.25, 0.3) is 0 Å². The zero-order valence-corrected chi connectivity index (χ0v) is 10.9. The summed E-state index contributed by atoms with van der Waals surface area (Å²) in [6, 6.07) is 7.72. The molecule has 0 aliphatic carbocycles. The van der Waals surface area contributed by atoms with Crippen molar-refractivity contribution in [1.82, 2.24) is 0 Å². The van der Waals surface area contributed by atoms with Gasteiger partial charge in [0, 0.05) is 7.11 Å². The number of carbonyl (C=O) groups is 1. The molecule has 1 aromatic carbocycles. The van der Waals surface area contributed by atoms with Crippen LogP contribution in [0.25, 0.3) is 0 Å². The van der Waals surface area contributed by atoms with Gasteiger partial charge in [-0.2, -0.15) is 0 Å². The van der Waals surface area contributed by atoms with Crippen LogP contribution in [0.3, 0.4) is 0 Å². The molecule has 0 saturated carbocycles. The Morgan fingerprint density at radius 1 is 1.29 bits per heavy atom. The van der Waals surface area contributed by atoms with E-state index in [0.29, 0.717) is 0 Å². The smallest absolute Gasteiger partial charge is 0.313 e. The summed E-state index contributed by atoms with van der Waals surface area (Å²) >= 11 is 0. The zero-order valence-electron chi connectivity index (χ0n) is 10.9. The number of aliphatic carboxylic acids is 1. The molecule has 0 amide bonds. The van der Waals surface area contributed by atoms with Crippen LogP contribution in [0.1, 0.15) is 37.8 Å². The van der Waals surface area contributed by atoms with Gasteiger partial charge in [0.1, 0.15) is 5.92 Å². The van der Waals surface area contributed by atoms with E-state index in [4.69, 9.17) is 9.84 Å². The van der Waals surface area contributed by atoms with Crippen molar-refractivity contribution in [3.8, 4) is 0 Å². The van der Waals surface area contributed by atoms with Gasteiger partial charge in [-0.05, 0) is 16.5 Å². The number of methoxy groups -OCH3 is 1. The van der Waals surface area contributed by atoms with Crippen molar-refractivity contribution in [2.75, 3.05) is 13.7 Å². The average molecular weight is 236 g/mol. The van der Waals surface area contributed by atoms with Crippen LogP contribution in [0, 0.1) is 0 Å². The largest absolute Gasteiger partial charge is 0.481 e. The Hall–Kier alpha value is -1.35. The lowest BCUT2D eigenvalue weighted by atomic mass is 9.85. The van der Waals surface area contributed by atoms with Gasteiger partial charge in [-0.15, -0.1) is 0 Å². The van der Waals surface area contributed by atoms with E-state index in [1.165, 1.54) is 12.7 Å². The second-order valence-corrected chi connectivity index (χ2v) is 5.22. The summed E-state index contributed by atoms with van der Waals surface area (Å²) in [6.07, 6.45) is 0. The number of carboxylic acids is 1. The molecule has 1 atom stereocenters. The third kappa shape index (κ3) is 3.56. The van der Waals surface area contributed by atoms with E-state index in [1.807, 2.05) is 24.3 Å². The molecule has 0 fully saturated rings. The summed E-state index contributed by atoms with van der Waals surface area (Å²) in [5, 5.41) is 9.11. The van der Waals surface area contributed by atoms with Crippen molar-refractivity contribution in [2.24, 2.45) is 0 Å². The number of ether oxygens (including phenoxy) is 1. The van der Waals surface area contributed by atoms with Gasteiger partial charge in [-0.1, -0.05) is 45.0 Å². The Labute approximate surface area is 102 Å². The van der Waals surface area contributed by atoms with E-state index in [0.717, 1.165) is 5.56 Å². The van der Waals surface area contributed by atoms with Gasteiger partial charge < -0.3 is 9.84 Å². The highest BCUT2D eigenvalue weighted by atomic mass is 16.5. The fourth-order valence-electron chi connectivity index (χ4n) is 1.69. The maximum atomic E-state index is 11.1. The quantitative estimate of drug-likeness (QED) is 0.874. The summed E-state index contributed by atoms with van der Waals surface area (Å²) < 4.78 is 4.94. The molecule has 3 heteroatoms. The van der Waals surface area contributed by atoms with Crippen molar-refractivity contribution in [1.29, 1.82) is 0 Å². The molecule has 0 bridgehead atoms. The minimum atomic E-state index is -0.852. The monoisotopic (exact) mass is 236 g/mol. The van der Waals surface area contributed by atoms with E-state index in [-0.39, 0.29) is 12.0 Å². The predicted octanol–water partition coefficient (Wildman–Crippen LogP) is 2.80. The second kappa shape index (κ2) is 5.32. The fourth-order valence-corrected chi connectivity index (χ4v) is 1.69. The van der Waals surface area contributed by atoms with Crippen LogP contribution in [0.4, 0.5) is 0 Å². The molecule has 3 nitrogen and oxygen atoms in total. The van der Waals surface area contributed by atoms with Gasteiger partial charge in [0.05, 0.1) is 6.61 Å². The van der Waals surface area contributed by atoms with Gasteiger partial charge in [-0.3, -0.25) is 4.79 Å². The summed E-state index contributed by atoms with van der Waals surface area (Å²) in [5.41, 5.74) is 2.06. The van der Waals surface area contributed by atoms with Gasteiger partial charge in [-0.25, -0.2) is 0 Å². The first kappa shape index (κ1) is 13.7. The van der Waals surface area contributed by atoms with Crippen LogP contribution in [-0.2, 0) is 14.9 Å². The first-order valence-corrected chi connectivity index (χ1v) is 5.68. The number of carboxylic acid groups (broad SMARTS) is 1. The highest BCUT2D eigenvalue weighted by Gasteiger charge is 2.20. The number of hydrogen-bond acceptors (Lipinski definition) is 2. The molecule has 0 aliphatic heterocycles. The third-order valence-electron chi connectivity index (χ3n) is 2.81. The highest BCUT2D eigenvalue weighted by Crippen LogP contribution is 2.24. The molecule has 0 aliphatic rings. The van der Waals surface area contributed by atoms with E-state index < -0.39 is 11.9 Å². The average Bonchev–Trinajstić information content (AvgIpc) is 2.24. The molecule has 1 unspecified atom stereocenters. The van der Waals surface area contributed by atoms with Gasteiger partial charge in [0.2, 0.25) is 0 Å². The molecule has 17 heavy (non-hydrogen) atoms. The van der Waals surface area contributed by atoms with Crippen LogP contribution < -0.4 is 0 Å². The van der Waals surface area contributed by atoms with E-state index >= 15 is 0 Å². The van der Waals surface area contributed by atoms with Crippen molar-refractivity contribution < 1.29 is 14.6 Å². The van der Waals surface area contributed by atoms with E-state index in [2.05, 4.69) is 20.8 Å². The summed E-state index contributed by atoms with van der Waals surface area (Å²) in [6.45, 7) is 6.59. The second-order valence-electron chi connectivity index (χ2n) is 5.22. The normalized spacial score (nSPS) is 13.4. The Bertz CT molecular complexity index is 373. The van der Waals surface area contributed by atoms with Crippen LogP contribution in [0.5, 0.6) is 0 Å². The zero-order chi connectivity index (χ0) is 13.1. The maximum Gasteiger partial charge on any atom is 0.313 e. The summed E-state index contributed by atoms with van der Waals surface area (Å²) in [7, 11) is 1.51. The Balaban J connectivity index is 2.96. The lowest BCUT2D eigenvalue weighted by molar-refractivity contribution is -0.140. The Morgan fingerprint density at radius 3 is 2.18 bits per heavy atom. The Kier molecular flexibility index (Phi) is 4.29. The molecular weight excluding hydrogens is 216 g/mol. The lowest BCUT2D eigenvalue weighted by Gasteiger charge is -2.20. The minimum absolute atomic E-state index is 0.0819. The van der Waals surface area contributed by atoms with E-state index in [9.17, 15) is 4.79 Å². The minimum Gasteiger partial charge on any atom is -0.481 e. The third-order valence-corrected chi connectivity index (χ3v) is 2.81. The van der Waals surface area contributed by atoms with Crippen LogP contribution in [0.2, 0.25) is 0 Å². The van der Waals surface area contributed by atoms with Crippen molar-refractivity contribution in [3.05, 3.63) is 35.4 Å². The first-order valence-electron chi connectivity index (χ1n) is 5.68. The molecule has 0 saturated heterocycles. The maximum absolute atomic E-state index is 11.1. The fraction of sp³-hybridized carbons (Fsp3) is 0.500. The Morgan fingerprint density at radius 2 is 1.82 bits per heavy atom. The van der Waals surface area contributed by atoms with Crippen molar-refractivity contribution in [3.63, 3.8) is 0 Å². The van der Waals surface area contributed by atoms with Crippen molar-refractivity contribution >= 4 is 5.97 Å². The molecule has 0 aromatic heterocycles. The standard InChI is InChI=1S/C14H20O3/c1-14(2,3)11-7-5-10(6-8-11)12(9-17-4)13(15)16/h5-8,12H,9H2,1-4H3,(H,15,16). The summed E-state index contributed by atoms with van der Waals surface area (Å²) in [5.74, 6) is -1.44. The first-order chi connectivity index (χ1) is 7.86. The topological polar surface area (TPSA) is 46.5 Å². The predicted molar refractivity (Wildman–Crippen MR) is 67.4 cm³/mol. The number of benzene rings is 1. The van der Waals surface area contributed by atoms with E-state index in [1.54, 1.807) is 0 Å². The van der Waals surface area contributed by atoms with Crippen LogP contribution >= 0.6 is 0 Å². The number of rotatable bonds is 4. The highest BCUT2D eigenvalue weighted by molar-refractivity contribution is 5.76. The lowest BCUT2D eigenvalue weighted by Crippen LogP contribution is -2.17. The SMILES string of the molecule is COCC(C(=O)O)c1ccc(C(C)(C)C)cc1. The van der Waals surface area contributed by atoms with Gasteiger partial charge >= 0.3 is 5.97 Å². The van der Waals surface area contributed by atoms with Crippen molar-refractivity contribution in [2.45, 2.75) is 32.1 Å². The molecule has 94 valence electrons. The number of hydrogen-bond donors (Lipinski definition) is 1. The molecule has 0 radical (unpaired) electrons. The molecule has 1 aromatic rings. The van der Waals surface area contributed by atoms with Gasteiger partial charge in [0.15, 0.2) is 0 Å². The molecular formula is C14H20O3. The van der Waals surface area contributed by atoms with Crippen LogP contribution in [-0.4, -0.2) is 24.8 Å².